The van der Waals surface area contributed by atoms with E-state index >= 15 is 4.39 Å². The van der Waals surface area contributed by atoms with Gasteiger partial charge in [0.1, 0.15) is 11.3 Å². The Morgan fingerprint density at radius 2 is 1.91 bits per heavy atom. The molecule has 2 aromatic heterocycles. The van der Waals surface area contributed by atoms with Crippen LogP contribution in [-0.2, 0) is 27.1 Å². The average Bonchev–Trinajstić information content (AvgIpc) is 3.10. The number of nitrogens with zero attached hydrogens (tertiary/aromatic N) is 3. The minimum atomic E-state index is -4.32. The first-order valence-corrected chi connectivity index (χ1v) is 13.5. The van der Waals surface area contributed by atoms with Gasteiger partial charge in [-0.1, -0.05) is 12.1 Å². The number of carbonyl (C=O) groups excluding carboxylic acids is 1. The predicted octanol–water partition coefficient (Wildman–Crippen LogP) is 5.30. The lowest BCUT2D eigenvalue weighted by Gasteiger charge is -2.24. The highest BCUT2D eigenvalue weighted by molar-refractivity contribution is 7.97. The van der Waals surface area contributed by atoms with Gasteiger partial charge in [0.25, 0.3) is 10.0 Å². The fourth-order valence-corrected chi connectivity index (χ4v) is 5.32. The number of hydrogen-bond acceptors (Lipinski definition) is 6. The molecule has 3 rings (SSSR count). The molecular weight excluding hydrogens is 496 g/mol. The number of carbonyl (C=O) groups is 1. The summed E-state index contributed by atoms with van der Waals surface area (Å²) in [5.41, 5.74) is -0.950. The fourth-order valence-electron chi connectivity index (χ4n) is 3.35. The number of ether oxygens (including phenoxy) is 1. The third-order valence-corrected chi connectivity index (χ3v) is 7.15. The SMILES string of the molecule is CSCc1cccc(S(=O)(=O)n2cc(CN(C)C(=O)OC(C)(C)C)c(F)c2-c2cccnc2F)c1. The molecule has 0 saturated carbocycles. The summed E-state index contributed by atoms with van der Waals surface area (Å²) >= 11 is 1.52. The van der Waals surface area contributed by atoms with E-state index in [1.807, 2.05) is 6.26 Å². The molecule has 0 bridgehead atoms. The lowest BCUT2D eigenvalue weighted by molar-refractivity contribution is 0.0284. The number of benzene rings is 1. The number of hydrogen-bond donors (Lipinski definition) is 0. The first-order valence-electron chi connectivity index (χ1n) is 10.6. The quantitative estimate of drug-likeness (QED) is 0.391. The van der Waals surface area contributed by atoms with Crippen molar-refractivity contribution in [2.45, 2.75) is 43.6 Å². The van der Waals surface area contributed by atoms with Gasteiger partial charge in [0, 0.05) is 30.8 Å². The molecule has 0 saturated heterocycles. The van der Waals surface area contributed by atoms with Crippen LogP contribution in [0.3, 0.4) is 0 Å². The zero-order chi connectivity index (χ0) is 26.0. The van der Waals surface area contributed by atoms with Crippen molar-refractivity contribution in [1.29, 1.82) is 0 Å². The first kappa shape index (κ1) is 26.7. The van der Waals surface area contributed by atoms with E-state index in [2.05, 4.69) is 4.98 Å². The summed E-state index contributed by atoms with van der Waals surface area (Å²) in [6.07, 6.45) is 3.42. The Balaban J connectivity index is 2.14. The average molecular weight is 524 g/mol. The molecule has 0 N–H and O–H groups in total. The molecule has 0 unspecified atom stereocenters. The van der Waals surface area contributed by atoms with Crippen LogP contribution in [0.2, 0.25) is 0 Å². The lowest BCUT2D eigenvalue weighted by atomic mass is 10.1. The second-order valence-corrected chi connectivity index (χ2v) is 11.6. The van der Waals surface area contributed by atoms with Crippen molar-refractivity contribution in [3.63, 3.8) is 0 Å². The Morgan fingerprint density at radius 1 is 1.20 bits per heavy atom. The van der Waals surface area contributed by atoms with E-state index < -0.39 is 39.2 Å². The van der Waals surface area contributed by atoms with Gasteiger partial charge in [-0.15, -0.1) is 0 Å². The van der Waals surface area contributed by atoms with E-state index in [-0.39, 0.29) is 22.6 Å². The van der Waals surface area contributed by atoms with E-state index in [4.69, 9.17) is 4.74 Å². The molecule has 0 aliphatic carbocycles. The molecule has 3 aromatic rings. The van der Waals surface area contributed by atoms with E-state index in [9.17, 15) is 17.6 Å². The first-order chi connectivity index (χ1) is 16.3. The predicted molar refractivity (Wildman–Crippen MR) is 132 cm³/mol. The maximum atomic E-state index is 15.7. The number of rotatable bonds is 7. The zero-order valence-corrected chi connectivity index (χ0v) is 21.7. The summed E-state index contributed by atoms with van der Waals surface area (Å²) in [4.78, 5) is 17.0. The van der Waals surface area contributed by atoms with Crippen LogP contribution < -0.4 is 0 Å². The number of pyridine rings is 1. The summed E-state index contributed by atoms with van der Waals surface area (Å²) in [6, 6.07) is 8.91. The van der Waals surface area contributed by atoms with Crippen molar-refractivity contribution in [2.24, 2.45) is 0 Å². The van der Waals surface area contributed by atoms with Gasteiger partial charge in [-0.25, -0.2) is 26.6 Å². The fraction of sp³-hybridized carbons (Fsp3) is 0.333. The molecule has 0 atom stereocenters. The minimum Gasteiger partial charge on any atom is -0.444 e. The third kappa shape index (κ3) is 6.02. The molecule has 188 valence electrons. The summed E-state index contributed by atoms with van der Waals surface area (Å²) in [5.74, 6) is -1.42. The van der Waals surface area contributed by atoms with Crippen molar-refractivity contribution in [3.8, 4) is 11.3 Å². The van der Waals surface area contributed by atoms with Gasteiger partial charge in [-0.2, -0.15) is 16.2 Å². The van der Waals surface area contributed by atoms with Crippen LogP contribution in [0.4, 0.5) is 13.6 Å². The van der Waals surface area contributed by atoms with Crippen LogP contribution >= 0.6 is 11.8 Å². The second-order valence-electron chi connectivity index (χ2n) is 8.88. The van der Waals surface area contributed by atoms with Gasteiger partial charge < -0.3 is 9.64 Å². The van der Waals surface area contributed by atoms with Gasteiger partial charge in [0.2, 0.25) is 5.95 Å². The largest absolute Gasteiger partial charge is 0.444 e. The molecule has 2 heterocycles. The van der Waals surface area contributed by atoms with E-state index in [0.29, 0.717) is 9.73 Å². The molecule has 0 spiro atoms. The highest BCUT2D eigenvalue weighted by Crippen LogP contribution is 2.33. The number of thioether (sulfide) groups is 1. The van der Waals surface area contributed by atoms with Crippen molar-refractivity contribution >= 4 is 27.9 Å². The normalized spacial score (nSPS) is 12.0. The van der Waals surface area contributed by atoms with Crippen LogP contribution in [0.15, 0.2) is 53.7 Å². The lowest BCUT2D eigenvalue weighted by Crippen LogP contribution is -2.33. The number of aromatic nitrogens is 2. The zero-order valence-electron chi connectivity index (χ0n) is 20.1. The van der Waals surface area contributed by atoms with Gasteiger partial charge in [-0.05, 0) is 56.9 Å². The van der Waals surface area contributed by atoms with Crippen LogP contribution in [0, 0.1) is 11.8 Å². The molecule has 11 heteroatoms. The molecular formula is C24H27F2N3O4S2. The molecule has 0 fully saturated rings. The van der Waals surface area contributed by atoms with Crippen LogP contribution in [0.1, 0.15) is 31.9 Å². The van der Waals surface area contributed by atoms with E-state index in [1.54, 1.807) is 32.9 Å². The number of halogens is 2. The summed E-state index contributed by atoms with van der Waals surface area (Å²) < 4.78 is 63.5. The second kappa shape index (κ2) is 10.4. The van der Waals surface area contributed by atoms with Gasteiger partial charge in [-0.3, -0.25) is 0 Å². The smallest absolute Gasteiger partial charge is 0.410 e. The van der Waals surface area contributed by atoms with Crippen molar-refractivity contribution in [2.75, 3.05) is 13.3 Å². The van der Waals surface area contributed by atoms with Gasteiger partial charge in [0.15, 0.2) is 5.82 Å². The molecule has 1 amide bonds. The molecule has 0 aliphatic rings. The van der Waals surface area contributed by atoms with Crippen LogP contribution in [-0.4, -0.2) is 47.3 Å². The molecule has 7 nitrogen and oxygen atoms in total. The third-order valence-electron chi connectivity index (χ3n) is 4.88. The molecule has 0 radical (unpaired) electrons. The summed E-state index contributed by atoms with van der Waals surface area (Å²) in [5, 5.41) is 0. The molecule has 0 aliphatic heterocycles. The highest BCUT2D eigenvalue weighted by atomic mass is 32.2. The van der Waals surface area contributed by atoms with E-state index in [0.717, 1.165) is 16.7 Å². The van der Waals surface area contributed by atoms with Crippen LogP contribution in [0.5, 0.6) is 0 Å². The Labute approximate surface area is 208 Å². The van der Waals surface area contributed by atoms with Crippen molar-refractivity contribution in [1.82, 2.24) is 13.9 Å². The van der Waals surface area contributed by atoms with Crippen molar-refractivity contribution in [3.05, 3.63) is 71.7 Å². The minimum absolute atomic E-state index is 0.0726. The number of amides is 1. The summed E-state index contributed by atoms with van der Waals surface area (Å²) in [7, 11) is -2.93. The Bertz CT molecular complexity index is 1330. The Hall–Kier alpha value is -2.92. The Kier molecular flexibility index (Phi) is 7.90. The highest BCUT2D eigenvalue weighted by Gasteiger charge is 2.30. The van der Waals surface area contributed by atoms with Crippen molar-refractivity contribution < 1.29 is 26.7 Å². The van der Waals surface area contributed by atoms with Crippen LogP contribution in [0.25, 0.3) is 11.3 Å². The maximum Gasteiger partial charge on any atom is 0.410 e. The Morgan fingerprint density at radius 3 is 2.54 bits per heavy atom. The molecule has 35 heavy (non-hydrogen) atoms. The topological polar surface area (TPSA) is 81.5 Å². The maximum absolute atomic E-state index is 15.7. The standard InChI is InChI=1S/C24H27F2N3O4S2/c1-24(2,3)33-23(30)28(4)13-17-14-29(21(20(17)25)19-10-7-11-27-22(19)26)35(31,32)18-9-6-8-16(12-18)15-34-5/h6-12,14H,13,15H2,1-5H3. The van der Waals surface area contributed by atoms with Gasteiger partial charge in [0.05, 0.1) is 17.0 Å². The summed E-state index contributed by atoms with van der Waals surface area (Å²) in [6.45, 7) is 4.77. The van der Waals surface area contributed by atoms with Gasteiger partial charge >= 0.3 is 6.09 Å². The monoisotopic (exact) mass is 523 g/mol. The molecule has 1 aromatic carbocycles. The van der Waals surface area contributed by atoms with E-state index in [1.165, 1.54) is 49.3 Å².